The van der Waals surface area contributed by atoms with Crippen LogP contribution in [0.3, 0.4) is 0 Å². The molecule has 1 amide bonds. The molecule has 126 valence electrons. The molecular weight excluding hydrogens is 316 g/mol. The molecule has 0 heterocycles. The lowest BCUT2D eigenvalue weighted by molar-refractivity contribution is -0.385. The number of hydrogen-bond donors (Lipinski definition) is 0. The molecule has 3 aromatic rings. The van der Waals surface area contributed by atoms with Crippen LogP contribution in [0.4, 0.5) is 5.69 Å². The second-order valence-electron chi connectivity index (χ2n) is 5.95. The molecule has 25 heavy (non-hydrogen) atoms. The van der Waals surface area contributed by atoms with Crippen LogP contribution in [0.1, 0.15) is 11.1 Å². The molecule has 0 N–H and O–H groups in total. The summed E-state index contributed by atoms with van der Waals surface area (Å²) in [7, 11) is 1.72. The molecule has 0 fully saturated rings. The van der Waals surface area contributed by atoms with Gasteiger partial charge < -0.3 is 4.90 Å². The van der Waals surface area contributed by atoms with Crippen molar-refractivity contribution in [1.82, 2.24) is 4.90 Å². The number of rotatable bonds is 5. The average molecular weight is 334 g/mol. The summed E-state index contributed by atoms with van der Waals surface area (Å²) in [5.74, 6) is -0.151. The molecule has 0 saturated carbocycles. The number of likely N-dealkylation sites (N-methyl/N-ethyl adjacent to an activating group) is 1. The maximum absolute atomic E-state index is 12.5. The van der Waals surface area contributed by atoms with E-state index < -0.39 is 4.92 Å². The molecule has 3 aromatic carbocycles. The second-order valence-corrected chi connectivity index (χ2v) is 5.95. The van der Waals surface area contributed by atoms with Crippen LogP contribution in [0.5, 0.6) is 0 Å². The van der Waals surface area contributed by atoms with Crippen molar-refractivity contribution in [2.75, 3.05) is 7.05 Å². The zero-order valence-electron chi connectivity index (χ0n) is 13.9. The van der Waals surface area contributed by atoms with Gasteiger partial charge in [0.2, 0.25) is 5.91 Å². The second kappa shape index (κ2) is 7.13. The Hall–Kier alpha value is -3.21. The van der Waals surface area contributed by atoms with E-state index in [2.05, 4.69) is 0 Å². The van der Waals surface area contributed by atoms with Crippen molar-refractivity contribution in [3.8, 4) is 0 Å². The van der Waals surface area contributed by atoms with Gasteiger partial charge in [-0.15, -0.1) is 0 Å². The minimum Gasteiger partial charge on any atom is -0.341 e. The third kappa shape index (κ3) is 3.66. The van der Waals surface area contributed by atoms with Gasteiger partial charge >= 0.3 is 0 Å². The number of nitro benzene ring substituents is 1. The summed E-state index contributed by atoms with van der Waals surface area (Å²) in [6.07, 6.45) is 0.0123. The van der Waals surface area contributed by atoms with Crippen molar-refractivity contribution in [3.05, 3.63) is 88.0 Å². The van der Waals surface area contributed by atoms with Crippen LogP contribution < -0.4 is 0 Å². The molecule has 0 saturated heterocycles. The van der Waals surface area contributed by atoms with E-state index in [0.717, 1.165) is 16.3 Å². The molecule has 0 aliphatic rings. The Morgan fingerprint density at radius 1 is 0.960 bits per heavy atom. The molecule has 5 nitrogen and oxygen atoms in total. The highest BCUT2D eigenvalue weighted by molar-refractivity contribution is 5.86. The first kappa shape index (κ1) is 16.6. The molecule has 0 aliphatic heterocycles. The number of hydrogen-bond acceptors (Lipinski definition) is 3. The Morgan fingerprint density at radius 2 is 1.60 bits per heavy atom. The number of amides is 1. The predicted octanol–water partition coefficient (Wildman–Crippen LogP) is 3.95. The molecular formula is C20H18N2O3. The lowest BCUT2D eigenvalue weighted by Crippen LogP contribution is -2.28. The first-order chi connectivity index (χ1) is 12.1. The molecule has 0 aromatic heterocycles. The first-order valence-electron chi connectivity index (χ1n) is 7.99. The summed E-state index contributed by atoms with van der Waals surface area (Å²) in [5.41, 5.74) is 1.47. The molecule has 0 radical (unpaired) electrons. The number of para-hydroxylation sites is 1. The maximum atomic E-state index is 12.5. The van der Waals surface area contributed by atoms with E-state index in [1.54, 1.807) is 30.1 Å². The van der Waals surface area contributed by atoms with Gasteiger partial charge in [0, 0.05) is 25.2 Å². The van der Waals surface area contributed by atoms with Gasteiger partial charge in [-0.2, -0.15) is 0 Å². The van der Waals surface area contributed by atoms with E-state index >= 15 is 0 Å². The monoisotopic (exact) mass is 334 g/mol. The highest BCUT2D eigenvalue weighted by Crippen LogP contribution is 2.21. The van der Waals surface area contributed by atoms with Crippen molar-refractivity contribution >= 4 is 22.4 Å². The van der Waals surface area contributed by atoms with Crippen LogP contribution in [-0.4, -0.2) is 22.8 Å². The first-order valence-corrected chi connectivity index (χ1v) is 7.99. The number of carbonyl (C=O) groups excluding carboxylic acids is 1. The van der Waals surface area contributed by atoms with E-state index in [1.165, 1.54) is 6.07 Å². The molecule has 0 atom stereocenters. The van der Waals surface area contributed by atoms with Gasteiger partial charge in [-0.3, -0.25) is 14.9 Å². The van der Waals surface area contributed by atoms with Crippen molar-refractivity contribution < 1.29 is 9.72 Å². The summed E-state index contributed by atoms with van der Waals surface area (Å²) >= 11 is 0. The fraction of sp³-hybridized carbons (Fsp3) is 0.150. The van der Waals surface area contributed by atoms with Crippen molar-refractivity contribution in [1.29, 1.82) is 0 Å². The van der Waals surface area contributed by atoms with Gasteiger partial charge in [0.25, 0.3) is 5.69 Å². The average Bonchev–Trinajstić information content (AvgIpc) is 2.62. The smallest absolute Gasteiger partial charge is 0.273 e. The fourth-order valence-electron chi connectivity index (χ4n) is 2.91. The van der Waals surface area contributed by atoms with Crippen LogP contribution in [0.15, 0.2) is 66.7 Å². The Bertz CT molecular complexity index is 932. The molecule has 5 heteroatoms. The third-order valence-corrected chi connectivity index (χ3v) is 4.24. The number of nitro groups is 1. The van der Waals surface area contributed by atoms with Gasteiger partial charge in [0.15, 0.2) is 0 Å². The molecule has 0 bridgehead atoms. The Labute approximate surface area is 145 Å². The largest absolute Gasteiger partial charge is 0.341 e. The molecule has 0 aliphatic carbocycles. The standard InChI is InChI=1S/C20H18N2O3/c1-21(14-17-10-6-9-15-7-2-4-11-18(15)17)20(23)13-16-8-3-5-12-19(16)22(24)25/h2-12H,13-14H2,1H3. The van der Waals surface area contributed by atoms with Crippen molar-refractivity contribution in [2.24, 2.45) is 0 Å². The summed E-state index contributed by atoms with van der Waals surface area (Å²) in [5, 5.41) is 13.3. The highest BCUT2D eigenvalue weighted by atomic mass is 16.6. The summed E-state index contributed by atoms with van der Waals surface area (Å²) in [6, 6.07) is 20.4. The molecule has 0 unspecified atom stereocenters. The minimum absolute atomic E-state index is 0.0123. The number of nitrogens with zero attached hydrogens (tertiary/aromatic N) is 2. The lowest BCUT2D eigenvalue weighted by atomic mass is 10.0. The summed E-state index contributed by atoms with van der Waals surface area (Å²) < 4.78 is 0. The fourth-order valence-corrected chi connectivity index (χ4v) is 2.91. The predicted molar refractivity (Wildman–Crippen MR) is 97.2 cm³/mol. The van der Waals surface area contributed by atoms with Gasteiger partial charge in [-0.25, -0.2) is 0 Å². The minimum atomic E-state index is -0.451. The number of carbonyl (C=O) groups is 1. The van der Waals surface area contributed by atoms with Crippen LogP contribution in [0, 0.1) is 10.1 Å². The molecule has 3 rings (SSSR count). The summed E-state index contributed by atoms with van der Waals surface area (Å²) in [4.78, 5) is 24.8. The van der Waals surface area contributed by atoms with Crippen LogP contribution in [-0.2, 0) is 17.8 Å². The normalized spacial score (nSPS) is 10.6. The quantitative estimate of drug-likeness (QED) is 0.524. The van der Waals surface area contributed by atoms with Crippen LogP contribution in [0.25, 0.3) is 10.8 Å². The lowest BCUT2D eigenvalue weighted by Gasteiger charge is -2.18. The summed E-state index contributed by atoms with van der Waals surface area (Å²) in [6.45, 7) is 0.459. The van der Waals surface area contributed by atoms with Crippen LogP contribution >= 0.6 is 0 Å². The number of fused-ring (bicyclic) bond motifs is 1. The Kier molecular flexibility index (Phi) is 4.75. The van der Waals surface area contributed by atoms with Crippen LogP contribution in [0.2, 0.25) is 0 Å². The van der Waals surface area contributed by atoms with Gasteiger partial charge in [-0.1, -0.05) is 60.7 Å². The van der Waals surface area contributed by atoms with Gasteiger partial charge in [0.1, 0.15) is 0 Å². The maximum Gasteiger partial charge on any atom is 0.273 e. The number of benzene rings is 3. The zero-order chi connectivity index (χ0) is 17.8. The van der Waals surface area contributed by atoms with E-state index in [0.29, 0.717) is 12.1 Å². The van der Waals surface area contributed by atoms with Gasteiger partial charge in [0.05, 0.1) is 11.3 Å². The Balaban J connectivity index is 1.78. The Morgan fingerprint density at radius 3 is 2.40 bits per heavy atom. The SMILES string of the molecule is CN(Cc1cccc2ccccc12)C(=O)Cc1ccccc1[N+](=O)[O-]. The van der Waals surface area contributed by atoms with E-state index in [4.69, 9.17) is 0 Å². The zero-order valence-corrected chi connectivity index (χ0v) is 13.9. The third-order valence-electron chi connectivity index (χ3n) is 4.24. The van der Waals surface area contributed by atoms with E-state index in [9.17, 15) is 14.9 Å². The highest BCUT2D eigenvalue weighted by Gasteiger charge is 2.18. The van der Waals surface area contributed by atoms with Crippen molar-refractivity contribution in [2.45, 2.75) is 13.0 Å². The van der Waals surface area contributed by atoms with Gasteiger partial charge in [-0.05, 0) is 16.3 Å². The topological polar surface area (TPSA) is 63.5 Å². The van der Waals surface area contributed by atoms with E-state index in [1.807, 2.05) is 42.5 Å². The molecule has 0 spiro atoms. The van der Waals surface area contributed by atoms with Crippen molar-refractivity contribution in [3.63, 3.8) is 0 Å². The van der Waals surface area contributed by atoms with E-state index in [-0.39, 0.29) is 18.0 Å².